The number of rotatable bonds is 43. The van der Waals surface area contributed by atoms with E-state index in [0.717, 1.165) is 109 Å². The number of aliphatic hydroxyl groups excluding tert-OH is 2. The van der Waals surface area contributed by atoms with Crippen molar-refractivity contribution in [1.29, 1.82) is 0 Å². The zero-order chi connectivity index (χ0) is 47.6. The number of carboxylic acids is 1. The van der Waals surface area contributed by atoms with Crippen LogP contribution in [-0.2, 0) is 42.9 Å². The molecule has 1 rings (SSSR count). The molecule has 0 aromatic carbocycles. The fourth-order valence-electron chi connectivity index (χ4n) is 7.63. The van der Waals surface area contributed by atoms with Gasteiger partial charge in [0.05, 0.1) is 6.61 Å². The summed E-state index contributed by atoms with van der Waals surface area (Å²) in [6.07, 6.45) is 34.3. The van der Waals surface area contributed by atoms with Gasteiger partial charge in [-0.2, -0.15) is 0 Å². The van der Waals surface area contributed by atoms with Crippen LogP contribution >= 0.6 is 0 Å². The fraction of sp³-hybridized carbons (Fsp3) is 0.811. The van der Waals surface area contributed by atoms with Crippen LogP contribution in [0.1, 0.15) is 226 Å². The molecule has 0 radical (unpaired) electrons. The first-order valence-corrected chi connectivity index (χ1v) is 26.0. The molecule has 0 aromatic rings. The largest absolute Gasteiger partial charge is 0.479 e. The lowest BCUT2D eigenvalue weighted by molar-refractivity contribution is -0.301. The normalized spacial score (nSPS) is 19.3. The van der Waals surface area contributed by atoms with E-state index >= 15 is 0 Å². The quantitative estimate of drug-likeness (QED) is 0.0229. The Morgan fingerprint density at radius 3 is 1.48 bits per heavy atom. The maximum absolute atomic E-state index is 13.0. The van der Waals surface area contributed by atoms with E-state index in [0.29, 0.717) is 19.3 Å². The molecule has 12 heteroatoms. The summed E-state index contributed by atoms with van der Waals surface area (Å²) in [5.41, 5.74) is 0. The van der Waals surface area contributed by atoms with Crippen molar-refractivity contribution < 1.29 is 58.2 Å². The van der Waals surface area contributed by atoms with E-state index in [4.69, 9.17) is 23.7 Å². The zero-order valence-corrected chi connectivity index (χ0v) is 41.0. The van der Waals surface area contributed by atoms with Gasteiger partial charge in [-0.05, 0) is 70.6 Å². The topological polar surface area (TPSA) is 175 Å². The van der Waals surface area contributed by atoms with Gasteiger partial charge in [0.15, 0.2) is 24.6 Å². The Morgan fingerprint density at radius 2 is 0.954 bits per heavy atom. The molecule has 0 saturated carbocycles. The van der Waals surface area contributed by atoms with Crippen LogP contribution < -0.4 is 0 Å². The molecule has 1 aliphatic heterocycles. The standard InChI is InChI=1S/C53H92O12/c1-4-7-10-13-16-19-21-23-25-28-30-33-36-39-45(54)61-42-44(63-46(55)40-37-34-31-27-18-15-12-9-6-3)43-62-53-51(49(58)48(57)50(65-53)52(59)60)64-47(56)41-38-35-32-29-26-24-22-20-17-14-11-8-5-2/h11,14,19-22,44,48-51,53,57-58H,4-10,12-13,15-18,23-43H2,1-3H3,(H,59,60)/b14-11-,21-19-,22-20-. The summed E-state index contributed by atoms with van der Waals surface area (Å²) in [5, 5.41) is 31.3. The third kappa shape index (κ3) is 33.1. The summed E-state index contributed by atoms with van der Waals surface area (Å²) in [6.45, 7) is 5.85. The van der Waals surface area contributed by atoms with Gasteiger partial charge in [-0.25, -0.2) is 4.79 Å². The average Bonchev–Trinajstić information content (AvgIpc) is 3.29. The minimum Gasteiger partial charge on any atom is -0.479 e. The monoisotopic (exact) mass is 921 g/mol. The molecule has 65 heavy (non-hydrogen) atoms. The third-order valence-corrected chi connectivity index (χ3v) is 11.7. The van der Waals surface area contributed by atoms with Crippen molar-refractivity contribution in [3.63, 3.8) is 0 Å². The summed E-state index contributed by atoms with van der Waals surface area (Å²) in [6, 6.07) is 0. The van der Waals surface area contributed by atoms with Crippen molar-refractivity contribution in [2.45, 2.75) is 263 Å². The predicted molar refractivity (Wildman–Crippen MR) is 257 cm³/mol. The van der Waals surface area contributed by atoms with Gasteiger partial charge < -0.3 is 39.0 Å². The molecule has 1 aliphatic rings. The molecule has 6 unspecified atom stereocenters. The Kier molecular flexibility index (Phi) is 39.0. The van der Waals surface area contributed by atoms with Crippen molar-refractivity contribution in [2.75, 3.05) is 13.2 Å². The van der Waals surface area contributed by atoms with Gasteiger partial charge in [0.1, 0.15) is 18.8 Å². The van der Waals surface area contributed by atoms with Crippen LogP contribution in [0, 0.1) is 0 Å². The van der Waals surface area contributed by atoms with Gasteiger partial charge in [0.25, 0.3) is 0 Å². The summed E-state index contributed by atoms with van der Waals surface area (Å²) < 4.78 is 28.2. The highest BCUT2D eigenvalue weighted by Gasteiger charge is 2.50. The molecule has 1 fully saturated rings. The molecule has 6 atom stereocenters. The molecule has 0 amide bonds. The Morgan fingerprint density at radius 1 is 0.508 bits per heavy atom. The number of carbonyl (C=O) groups excluding carboxylic acids is 3. The minimum atomic E-state index is -1.90. The van der Waals surface area contributed by atoms with Crippen LogP contribution in [0.25, 0.3) is 0 Å². The molecule has 12 nitrogen and oxygen atoms in total. The number of esters is 3. The molecule has 3 N–H and O–H groups in total. The van der Waals surface area contributed by atoms with E-state index in [1.54, 1.807) is 0 Å². The fourth-order valence-corrected chi connectivity index (χ4v) is 7.63. The van der Waals surface area contributed by atoms with Crippen LogP contribution in [0.5, 0.6) is 0 Å². The number of allylic oxidation sites excluding steroid dienone is 6. The van der Waals surface area contributed by atoms with Crippen LogP contribution in [0.3, 0.4) is 0 Å². The number of carbonyl (C=O) groups is 4. The Balaban J connectivity index is 2.73. The summed E-state index contributed by atoms with van der Waals surface area (Å²) in [5.74, 6) is -3.14. The van der Waals surface area contributed by atoms with Gasteiger partial charge in [0, 0.05) is 19.3 Å². The van der Waals surface area contributed by atoms with Gasteiger partial charge >= 0.3 is 23.9 Å². The maximum atomic E-state index is 13.0. The lowest BCUT2D eigenvalue weighted by Crippen LogP contribution is -2.61. The van der Waals surface area contributed by atoms with Gasteiger partial charge in [-0.3, -0.25) is 14.4 Å². The highest BCUT2D eigenvalue weighted by atomic mass is 16.7. The Hall–Kier alpha value is -3.06. The van der Waals surface area contributed by atoms with E-state index < -0.39 is 67.3 Å². The van der Waals surface area contributed by atoms with Crippen molar-refractivity contribution in [2.24, 2.45) is 0 Å². The van der Waals surface area contributed by atoms with Crippen LogP contribution in [0.2, 0.25) is 0 Å². The lowest BCUT2D eigenvalue weighted by Gasteiger charge is -2.40. The van der Waals surface area contributed by atoms with Crippen molar-refractivity contribution >= 4 is 23.9 Å². The Bertz CT molecular complexity index is 1280. The highest BCUT2D eigenvalue weighted by molar-refractivity contribution is 5.74. The first kappa shape index (κ1) is 60.0. The number of aliphatic hydroxyl groups is 2. The predicted octanol–water partition coefficient (Wildman–Crippen LogP) is 12.1. The Labute approximate surface area is 393 Å². The lowest BCUT2D eigenvalue weighted by atomic mass is 9.98. The zero-order valence-electron chi connectivity index (χ0n) is 41.0. The van der Waals surface area contributed by atoms with Gasteiger partial charge in [0.2, 0.25) is 0 Å². The summed E-state index contributed by atoms with van der Waals surface area (Å²) in [7, 11) is 0. The van der Waals surface area contributed by atoms with Crippen molar-refractivity contribution in [3.8, 4) is 0 Å². The van der Waals surface area contributed by atoms with Crippen LogP contribution in [0.15, 0.2) is 36.5 Å². The number of unbranched alkanes of at least 4 members (excludes halogenated alkanes) is 23. The molecular weight excluding hydrogens is 829 g/mol. The highest BCUT2D eigenvalue weighted by Crippen LogP contribution is 2.26. The summed E-state index contributed by atoms with van der Waals surface area (Å²) in [4.78, 5) is 50.7. The second kappa shape index (κ2) is 42.3. The SMILES string of the molecule is CCC/C=C\C/C=C\CCCCCCCC(=O)OC1C(OCC(COC(=O)CCCCCCC/C=C\CCCCCC)OC(=O)CCCCCCCCCCC)OC(C(=O)O)C(O)C1O. The number of carboxylic acid groups (broad SMARTS) is 1. The molecule has 1 heterocycles. The number of hydrogen-bond donors (Lipinski definition) is 3. The van der Waals surface area contributed by atoms with E-state index in [1.165, 1.54) is 57.8 Å². The van der Waals surface area contributed by atoms with E-state index in [-0.39, 0.29) is 25.9 Å². The smallest absolute Gasteiger partial charge is 0.335 e. The van der Waals surface area contributed by atoms with Crippen molar-refractivity contribution in [1.82, 2.24) is 0 Å². The average molecular weight is 921 g/mol. The molecule has 1 saturated heterocycles. The molecule has 0 spiro atoms. The second-order valence-corrected chi connectivity index (χ2v) is 17.8. The minimum absolute atomic E-state index is 0.0457. The maximum Gasteiger partial charge on any atom is 0.335 e. The van der Waals surface area contributed by atoms with Gasteiger partial charge in [-0.15, -0.1) is 0 Å². The number of aliphatic carboxylic acids is 1. The number of ether oxygens (including phenoxy) is 5. The van der Waals surface area contributed by atoms with E-state index in [1.807, 2.05) is 0 Å². The van der Waals surface area contributed by atoms with Crippen LogP contribution in [0.4, 0.5) is 0 Å². The summed E-state index contributed by atoms with van der Waals surface area (Å²) >= 11 is 0. The van der Waals surface area contributed by atoms with Gasteiger partial charge in [-0.1, -0.05) is 173 Å². The molecule has 0 aromatic heterocycles. The van der Waals surface area contributed by atoms with Crippen molar-refractivity contribution in [3.05, 3.63) is 36.5 Å². The molecule has 376 valence electrons. The van der Waals surface area contributed by atoms with Crippen LogP contribution in [-0.4, -0.2) is 89.2 Å². The first-order chi connectivity index (χ1) is 31.6. The molecule has 0 aliphatic carbocycles. The van der Waals surface area contributed by atoms with E-state index in [2.05, 4.69) is 57.2 Å². The molecular formula is C53H92O12. The second-order valence-electron chi connectivity index (χ2n) is 17.8. The third-order valence-electron chi connectivity index (χ3n) is 11.7. The first-order valence-electron chi connectivity index (χ1n) is 26.0. The number of hydrogen-bond acceptors (Lipinski definition) is 11. The molecule has 0 bridgehead atoms. The van der Waals surface area contributed by atoms with E-state index in [9.17, 15) is 34.5 Å².